The van der Waals surface area contributed by atoms with Crippen LogP contribution in [0.15, 0.2) is 24.8 Å². The zero-order chi connectivity index (χ0) is 15.4. The van der Waals surface area contributed by atoms with Crippen molar-refractivity contribution in [2.45, 2.75) is 32.7 Å². The van der Waals surface area contributed by atoms with Gasteiger partial charge in [0.15, 0.2) is 0 Å². The van der Waals surface area contributed by atoms with Gasteiger partial charge in [0, 0.05) is 24.0 Å². The number of carbonyl (C=O) groups excluding carboxylic acids is 2. The van der Waals surface area contributed by atoms with E-state index in [0.717, 1.165) is 29.1 Å². The number of piperidine rings is 1. The molecule has 114 valence electrons. The highest BCUT2D eigenvalue weighted by molar-refractivity contribution is 7.13. The Morgan fingerprint density at radius 2 is 2.29 bits per heavy atom. The molecule has 0 radical (unpaired) electrons. The highest BCUT2D eigenvalue weighted by atomic mass is 32.1. The van der Waals surface area contributed by atoms with Crippen LogP contribution in [0.25, 0.3) is 0 Å². The van der Waals surface area contributed by atoms with Gasteiger partial charge in [-0.3, -0.25) is 9.59 Å². The molecule has 1 saturated heterocycles. The zero-order valence-corrected chi connectivity index (χ0v) is 13.4. The van der Waals surface area contributed by atoms with Crippen molar-refractivity contribution >= 4 is 23.2 Å². The average molecular weight is 306 g/mol. The van der Waals surface area contributed by atoms with Gasteiger partial charge in [-0.05, 0) is 50.8 Å². The second-order valence-corrected chi connectivity index (χ2v) is 6.85. The number of thiophene rings is 1. The van der Waals surface area contributed by atoms with Gasteiger partial charge in [-0.1, -0.05) is 6.58 Å². The number of amides is 2. The van der Waals surface area contributed by atoms with E-state index in [2.05, 4.69) is 11.9 Å². The molecule has 2 rings (SSSR count). The van der Waals surface area contributed by atoms with Crippen molar-refractivity contribution < 1.29 is 9.59 Å². The molecule has 0 saturated carbocycles. The molecule has 1 aliphatic heterocycles. The monoisotopic (exact) mass is 306 g/mol. The summed E-state index contributed by atoms with van der Waals surface area (Å²) in [4.78, 5) is 27.6. The molecule has 2 heterocycles. The fourth-order valence-corrected chi connectivity index (χ4v) is 3.47. The van der Waals surface area contributed by atoms with Crippen LogP contribution in [-0.2, 0) is 4.79 Å². The van der Waals surface area contributed by atoms with E-state index in [1.165, 1.54) is 17.4 Å². The normalized spacial score (nSPS) is 19.9. The predicted molar refractivity (Wildman–Crippen MR) is 85.5 cm³/mol. The molecule has 1 N–H and O–H groups in total. The molecular formula is C16H22N2O2S. The highest BCUT2D eigenvalue weighted by Gasteiger charge is 2.27. The summed E-state index contributed by atoms with van der Waals surface area (Å²) in [6.07, 6.45) is 3.37. The molecule has 5 heteroatoms. The van der Waals surface area contributed by atoms with Crippen LogP contribution < -0.4 is 5.32 Å². The van der Waals surface area contributed by atoms with E-state index in [4.69, 9.17) is 0 Å². The minimum Gasteiger partial charge on any atom is -0.349 e. The Balaban J connectivity index is 1.93. The minimum absolute atomic E-state index is 0.0206. The first-order valence-corrected chi connectivity index (χ1v) is 8.11. The molecule has 1 fully saturated rings. The molecule has 0 spiro atoms. The molecule has 1 aliphatic rings. The Morgan fingerprint density at radius 3 is 2.90 bits per heavy atom. The fraction of sp³-hybridized carbons (Fsp3) is 0.500. The van der Waals surface area contributed by atoms with Gasteiger partial charge in [0.2, 0.25) is 5.91 Å². The standard InChI is InChI=1S/C16H22N2O2S/c1-4-15(19)18-9-5-6-13(10-18)12(3)17-16(20)14-8-7-11(2)21-14/h4,7-8,12-13H,1,5-6,9-10H2,2-3H3,(H,17,20). The molecule has 0 aromatic carbocycles. The Morgan fingerprint density at radius 1 is 1.52 bits per heavy atom. The summed E-state index contributed by atoms with van der Waals surface area (Å²) >= 11 is 1.50. The number of nitrogens with one attached hydrogen (secondary N) is 1. The van der Waals surface area contributed by atoms with Crippen LogP contribution in [0.3, 0.4) is 0 Å². The van der Waals surface area contributed by atoms with Crippen LogP contribution in [0.4, 0.5) is 0 Å². The SMILES string of the molecule is C=CC(=O)N1CCCC(C(C)NC(=O)c2ccc(C)s2)C1. The van der Waals surface area contributed by atoms with E-state index in [1.807, 2.05) is 30.9 Å². The lowest BCUT2D eigenvalue weighted by Gasteiger charge is -2.35. The number of hydrogen-bond acceptors (Lipinski definition) is 3. The lowest BCUT2D eigenvalue weighted by atomic mass is 9.91. The van der Waals surface area contributed by atoms with Crippen molar-refractivity contribution in [1.29, 1.82) is 0 Å². The Kier molecular flexibility index (Phi) is 5.17. The van der Waals surface area contributed by atoms with Gasteiger partial charge in [-0.15, -0.1) is 11.3 Å². The summed E-state index contributed by atoms with van der Waals surface area (Å²) in [7, 11) is 0. The summed E-state index contributed by atoms with van der Waals surface area (Å²) in [5.74, 6) is 0.257. The fourth-order valence-electron chi connectivity index (χ4n) is 2.70. The van der Waals surface area contributed by atoms with Crippen molar-refractivity contribution in [2.24, 2.45) is 5.92 Å². The van der Waals surface area contributed by atoms with E-state index in [1.54, 1.807) is 0 Å². The van der Waals surface area contributed by atoms with Crippen LogP contribution in [0.2, 0.25) is 0 Å². The third kappa shape index (κ3) is 3.94. The summed E-state index contributed by atoms with van der Waals surface area (Å²) in [5, 5.41) is 3.06. The predicted octanol–water partition coefficient (Wildman–Crippen LogP) is 2.60. The van der Waals surface area contributed by atoms with Gasteiger partial charge in [-0.25, -0.2) is 0 Å². The summed E-state index contributed by atoms with van der Waals surface area (Å²) in [5.41, 5.74) is 0. The minimum atomic E-state index is -0.0212. The lowest BCUT2D eigenvalue weighted by molar-refractivity contribution is -0.127. The molecule has 21 heavy (non-hydrogen) atoms. The van der Waals surface area contributed by atoms with E-state index in [-0.39, 0.29) is 17.9 Å². The second kappa shape index (κ2) is 6.89. The summed E-state index contributed by atoms with van der Waals surface area (Å²) < 4.78 is 0. The van der Waals surface area contributed by atoms with Gasteiger partial charge < -0.3 is 10.2 Å². The van der Waals surface area contributed by atoms with E-state index in [0.29, 0.717) is 12.5 Å². The molecule has 0 aliphatic carbocycles. The maximum Gasteiger partial charge on any atom is 0.261 e. The van der Waals surface area contributed by atoms with Gasteiger partial charge in [0.1, 0.15) is 0 Å². The summed E-state index contributed by atoms with van der Waals surface area (Å²) in [6, 6.07) is 3.87. The molecule has 0 bridgehead atoms. The van der Waals surface area contributed by atoms with Crippen LogP contribution in [0.5, 0.6) is 0 Å². The third-order valence-corrected chi connectivity index (χ3v) is 4.97. The van der Waals surface area contributed by atoms with Crippen LogP contribution in [0, 0.1) is 12.8 Å². The van der Waals surface area contributed by atoms with Crippen LogP contribution >= 0.6 is 11.3 Å². The first-order valence-electron chi connectivity index (χ1n) is 7.30. The van der Waals surface area contributed by atoms with Gasteiger partial charge in [0.25, 0.3) is 5.91 Å². The van der Waals surface area contributed by atoms with Crippen molar-refractivity contribution in [2.75, 3.05) is 13.1 Å². The maximum absolute atomic E-state index is 12.2. The number of nitrogens with zero attached hydrogens (tertiary/aromatic N) is 1. The quantitative estimate of drug-likeness (QED) is 0.869. The Bertz CT molecular complexity index is 538. The first-order chi connectivity index (χ1) is 10.0. The smallest absolute Gasteiger partial charge is 0.261 e. The third-order valence-electron chi connectivity index (χ3n) is 3.97. The van der Waals surface area contributed by atoms with Crippen molar-refractivity contribution in [3.63, 3.8) is 0 Å². The molecule has 2 amide bonds. The Hall–Kier alpha value is -1.62. The number of rotatable bonds is 4. The van der Waals surface area contributed by atoms with E-state index >= 15 is 0 Å². The van der Waals surface area contributed by atoms with Crippen LogP contribution in [0.1, 0.15) is 34.3 Å². The molecule has 1 aromatic rings. The zero-order valence-electron chi connectivity index (χ0n) is 12.6. The lowest BCUT2D eigenvalue weighted by Crippen LogP contribution is -2.47. The van der Waals surface area contributed by atoms with Gasteiger partial charge in [0.05, 0.1) is 4.88 Å². The number of hydrogen-bond donors (Lipinski definition) is 1. The number of aryl methyl sites for hydroxylation is 1. The first kappa shape index (κ1) is 15.8. The van der Waals surface area contributed by atoms with Crippen molar-refractivity contribution in [1.82, 2.24) is 10.2 Å². The number of likely N-dealkylation sites (tertiary alicyclic amines) is 1. The number of carbonyl (C=O) groups is 2. The van der Waals surface area contributed by atoms with E-state index in [9.17, 15) is 9.59 Å². The highest BCUT2D eigenvalue weighted by Crippen LogP contribution is 2.21. The average Bonchev–Trinajstić information content (AvgIpc) is 2.93. The van der Waals surface area contributed by atoms with Gasteiger partial charge >= 0.3 is 0 Å². The summed E-state index contributed by atoms with van der Waals surface area (Å²) in [6.45, 7) is 9.02. The van der Waals surface area contributed by atoms with Gasteiger partial charge in [-0.2, -0.15) is 0 Å². The van der Waals surface area contributed by atoms with Crippen molar-refractivity contribution in [3.8, 4) is 0 Å². The molecular weight excluding hydrogens is 284 g/mol. The largest absolute Gasteiger partial charge is 0.349 e. The Labute approximate surface area is 129 Å². The molecule has 2 atom stereocenters. The maximum atomic E-state index is 12.2. The topological polar surface area (TPSA) is 49.4 Å². The van der Waals surface area contributed by atoms with E-state index < -0.39 is 0 Å². The molecule has 4 nitrogen and oxygen atoms in total. The molecule has 1 aromatic heterocycles. The van der Waals surface area contributed by atoms with Crippen molar-refractivity contribution in [3.05, 3.63) is 34.5 Å². The second-order valence-electron chi connectivity index (χ2n) is 5.56. The van der Waals surface area contributed by atoms with Crippen LogP contribution in [-0.4, -0.2) is 35.8 Å². The molecule has 2 unspecified atom stereocenters.